The zero-order chi connectivity index (χ0) is 19.5. The Bertz CT molecular complexity index is 983. The molecule has 8 heteroatoms. The highest BCUT2D eigenvalue weighted by Crippen LogP contribution is 2.41. The van der Waals surface area contributed by atoms with Crippen molar-refractivity contribution < 1.29 is 18.7 Å². The van der Waals surface area contributed by atoms with Crippen molar-refractivity contribution in [3.8, 4) is 0 Å². The number of rotatable bonds is 7. The second-order valence-corrected chi connectivity index (χ2v) is 8.55. The topological polar surface area (TPSA) is 75.5 Å². The van der Waals surface area contributed by atoms with Crippen LogP contribution in [0, 0.1) is 0 Å². The van der Waals surface area contributed by atoms with Gasteiger partial charge in [-0.25, -0.2) is 4.79 Å². The summed E-state index contributed by atoms with van der Waals surface area (Å²) in [6.07, 6.45) is 3.61. The first kappa shape index (κ1) is 19.0. The lowest BCUT2D eigenvalue weighted by Gasteiger charge is -2.23. The molecule has 1 N–H and O–H groups in total. The van der Waals surface area contributed by atoms with Crippen molar-refractivity contribution in [2.75, 3.05) is 25.2 Å². The van der Waals surface area contributed by atoms with Crippen LogP contribution in [0.3, 0.4) is 0 Å². The van der Waals surface area contributed by atoms with Crippen LogP contribution in [0.1, 0.15) is 27.1 Å². The number of benzene rings is 1. The van der Waals surface area contributed by atoms with Crippen LogP contribution in [-0.4, -0.2) is 46.9 Å². The Labute approximate surface area is 171 Å². The lowest BCUT2D eigenvalue weighted by atomic mass is 10.1. The van der Waals surface area contributed by atoms with Gasteiger partial charge in [-0.05, 0) is 24.3 Å². The SMILES string of the molecule is COC(=O)c1ccc2c(C3SCC(=O)N3CCSCc3ccco3)c[nH]c2c1. The van der Waals surface area contributed by atoms with Gasteiger partial charge in [0.05, 0.1) is 30.4 Å². The molecule has 0 aliphatic carbocycles. The van der Waals surface area contributed by atoms with Crippen molar-refractivity contribution in [2.45, 2.75) is 11.1 Å². The fraction of sp³-hybridized carbons (Fsp3) is 0.300. The van der Waals surface area contributed by atoms with Gasteiger partial charge >= 0.3 is 5.97 Å². The lowest BCUT2D eigenvalue weighted by Crippen LogP contribution is -2.30. The summed E-state index contributed by atoms with van der Waals surface area (Å²) >= 11 is 3.39. The molecule has 0 spiro atoms. The van der Waals surface area contributed by atoms with Crippen LogP contribution < -0.4 is 0 Å². The molecule has 28 heavy (non-hydrogen) atoms. The van der Waals surface area contributed by atoms with Gasteiger partial charge in [0, 0.05) is 35.0 Å². The third-order valence-corrected chi connectivity index (χ3v) is 6.87. The van der Waals surface area contributed by atoms with E-state index in [1.807, 2.05) is 29.3 Å². The first-order valence-corrected chi connectivity index (χ1v) is 11.1. The smallest absolute Gasteiger partial charge is 0.337 e. The first-order valence-electron chi connectivity index (χ1n) is 8.88. The standard InChI is InChI=1S/C20H20N2O4S2/c1-25-20(24)13-4-5-15-16(10-21-17(15)9-13)19-22(18(23)12-28-19)6-8-27-11-14-3-2-7-26-14/h2-5,7,9-10,19,21H,6,8,11-12H2,1H3. The summed E-state index contributed by atoms with van der Waals surface area (Å²) in [5.74, 6) is 2.88. The number of aromatic nitrogens is 1. The number of methoxy groups -OCH3 is 1. The molecule has 3 aromatic rings. The molecule has 146 valence electrons. The van der Waals surface area contributed by atoms with Crippen molar-refractivity contribution in [1.82, 2.24) is 9.88 Å². The molecule has 1 amide bonds. The average molecular weight is 417 g/mol. The van der Waals surface area contributed by atoms with Gasteiger partial charge in [0.25, 0.3) is 0 Å². The van der Waals surface area contributed by atoms with E-state index in [4.69, 9.17) is 9.15 Å². The Morgan fingerprint density at radius 1 is 1.43 bits per heavy atom. The Morgan fingerprint density at radius 2 is 2.32 bits per heavy atom. The Balaban J connectivity index is 1.47. The summed E-state index contributed by atoms with van der Waals surface area (Å²) in [5, 5.41) is 1.00. The second kappa shape index (κ2) is 8.36. The fourth-order valence-corrected chi connectivity index (χ4v) is 5.36. The minimum absolute atomic E-state index is 0.0190. The van der Waals surface area contributed by atoms with Crippen LogP contribution in [0.2, 0.25) is 0 Å². The van der Waals surface area contributed by atoms with E-state index < -0.39 is 0 Å². The van der Waals surface area contributed by atoms with Crippen LogP contribution in [0.15, 0.2) is 47.2 Å². The number of ether oxygens (including phenoxy) is 1. The van der Waals surface area contributed by atoms with E-state index in [-0.39, 0.29) is 17.3 Å². The molecule has 2 aromatic heterocycles. The second-order valence-electron chi connectivity index (χ2n) is 6.38. The van der Waals surface area contributed by atoms with Crippen molar-refractivity contribution in [3.05, 3.63) is 59.7 Å². The maximum atomic E-state index is 12.4. The predicted molar refractivity (Wildman–Crippen MR) is 111 cm³/mol. The molecule has 1 aliphatic heterocycles. The van der Waals surface area contributed by atoms with Gasteiger partial charge in [-0.2, -0.15) is 11.8 Å². The summed E-state index contributed by atoms with van der Waals surface area (Å²) in [4.78, 5) is 29.3. The first-order chi connectivity index (χ1) is 13.7. The zero-order valence-corrected chi connectivity index (χ0v) is 17.0. The fourth-order valence-electron chi connectivity index (χ4n) is 3.28. The molecule has 3 heterocycles. The van der Waals surface area contributed by atoms with Crippen LogP contribution in [-0.2, 0) is 15.3 Å². The quantitative estimate of drug-likeness (QED) is 0.463. The van der Waals surface area contributed by atoms with Crippen molar-refractivity contribution >= 4 is 46.3 Å². The molecule has 1 aliphatic rings. The van der Waals surface area contributed by atoms with E-state index in [1.165, 1.54) is 7.11 Å². The molecule has 4 rings (SSSR count). The highest BCUT2D eigenvalue weighted by molar-refractivity contribution is 8.00. The molecule has 0 saturated carbocycles. The average Bonchev–Trinajstić information content (AvgIpc) is 3.44. The summed E-state index contributed by atoms with van der Waals surface area (Å²) in [5.41, 5.74) is 2.44. The van der Waals surface area contributed by atoms with E-state index >= 15 is 0 Å². The number of carbonyl (C=O) groups is 2. The van der Waals surface area contributed by atoms with Gasteiger partial charge in [-0.15, -0.1) is 11.8 Å². The van der Waals surface area contributed by atoms with Crippen LogP contribution in [0.5, 0.6) is 0 Å². The predicted octanol–water partition coefficient (Wildman–Crippen LogP) is 4.05. The lowest BCUT2D eigenvalue weighted by molar-refractivity contribution is -0.127. The highest BCUT2D eigenvalue weighted by atomic mass is 32.2. The van der Waals surface area contributed by atoms with E-state index in [9.17, 15) is 9.59 Å². The van der Waals surface area contributed by atoms with E-state index in [0.29, 0.717) is 17.9 Å². The number of H-pyrrole nitrogens is 1. The molecule has 1 fully saturated rings. The van der Waals surface area contributed by atoms with E-state index in [1.54, 1.807) is 41.9 Å². The van der Waals surface area contributed by atoms with E-state index in [0.717, 1.165) is 33.7 Å². The molecule has 6 nitrogen and oxygen atoms in total. The van der Waals surface area contributed by atoms with Gasteiger partial charge in [0.1, 0.15) is 11.1 Å². The number of hydrogen-bond acceptors (Lipinski definition) is 6. The molecule has 1 atom stereocenters. The van der Waals surface area contributed by atoms with E-state index in [2.05, 4.69) is 4.98 Å². The minimum Gasteiger partial charge on any atom is -0.468 e. The number of amides is 1. The van der Waals surface area contributed by atoms with Crippen molar-refractivity contribution in [3.63, 3.8) is 0 Å². The minimum atomic E-state index is -0.362. The maximum absolute atomic E-state index is 12.4. The number of esters is 1. The largest absolute Gasteiger partial charge is 0.468 e. The van der Waals surface area contributed by atoms with Crippen LogP contribution >= 0.6 is 23.5 Å². The third-order valence-electron chi connectivity index (χ3n) is 4.67. The number of furan rings is 1. The number of hydrogen-bond donors (Lipinski definition) is 1. The summed E-state index contributed by atoms with van der Waals surface area (Å²) in [6, 6.07) is 9.31. The number of fused-ring (bicyclic) bond motifs is 1. The van der Waals surface area contributed by atoms with Gasteiger partial charge in [-0.3, -0.25) is 4.79 Å². The molecule has 1 unspecified atom stereocenters. The Hall–Kier alpha value is -2.32. The van der Waals surface area contributed by atoms with Gasteiger partial charge in [0.2, 0.25) is 5.91 Å². The third kappa shape index (κ3) is 3.79. The normalized spacial score (nSPS) is 16.8. The molecule has 0 radical (unpaired) electrons. The summed E-state index contributed by atoms with van der Waals surface area (Å²) in [6.45, 7) is 0.689. The Kier molecular flexibility index (Phi) is 5.68. The number of nitrogens with zero attached hydrogens (tertiary/aromatic N) is 1. The summed E-state index contributed by atoms with van der Waals surface area (Å²) < 4.78 is 10.1. The van der Waals surface area contributed by atoms with Gasteiger partial charge in [-0.1, -0.05) is 6.07 Å². The van der Waals surface area contributed by atoms with Gasteiger partial charge < -0.3 is 19.0 Å². The monoisotopic (exact) mass is 416 g/mol. The molecule has 1 aromatic carbocycles. The van der Waals surface area contributed by atoms with Crippen LogP contribution in [0.4, 0.5) is 0 Å². The molecular weight excluding hydrogens is 396 g/mol. The molecule has 0 bridgehead atoms. The van der Waals surface area contributed by atoms with Crippen molar-refractivity contribution in [1.29, 1.82) is 0 Å². The number of aromatic amines is 1. The van der Waals surface area contributed by atoms with Gasteiger partial charge in [0.15, 0.2) is 0 Å². The maximum Gasteiger partial charge on any atom is 0.337 e. The Morgan fingerprint density at radius 3 is 3.11 bits per heavy atom. The molecular formula is C20H20N2O4S2. The number of thioether (sulfide) groups is 2. The van der Waals surface area contributed by atoms with Crippen LogP contribution in [0.25, 0.3) is 10.9 Å². The van der Waals surface area contributed by atoms with Crippen molar-refractivity contribution in [2.24, 2.45) is 0 Å². The summed E-state index contributed by atoms with van der Waals surface area (Å²) in [7, 11) is 1.37. The zero-order valence-electron chi connectivity index (χ0n) is 15.3. The number of carbonyl (C=O) groups excluding carboxylic acids is 2. The number of nitrogens with one attached hydrogen (secondary N) is 1. The highest BCUT2D eigenvalue weighted by Gasteiger charge is 2.33. The molecule has 1 saturated heterocycles.